The molecule has 0 aromatic heterocycles. The van der Waals surface area contributed by atoms with Crippen LogP contribution in [0.4, 0.5) is 0 Å². The van der Waals surface area contributed by atoms with Gasteiger partial charge in [-0.3, -0.25) is 9.13 Å². The van der Waals surface area contributed by atoms with Gasteiger partial charge in [0, 0.05) is 0 Å². The van der Waals surface area contributed by atoms with E-state index in [0.717, 1.165) is 11.8 Å². The van der Waals surface area contributed by atoms with Crippen LogP contribution in [-0.4, -0.2) is 47.5 Å². The Morgan fingerprint density at radius 3 is 1.29 bits per heavy atom. The van der Waals surface area contributed by atoms with Crippen LogP contribution in [0.25, 0.3) is 0 Å². The molecule has 28 heavy (non-hydrogen) atoms. The van der Waals surface area contributed by atoms with Crippen LogP contribution in [0.1, 0.15) is 66.7 Å². The second-order valence-electron chi connectivity index (χ2n) is 6.09. The molecule has 0 fully saturated rings. The Morgan fingerprint density at radius 2 is 1.07 bits per heavy atom. The summed E-state index contributed by atoms with van der Waals surface area (Å²) in [5, 5.41) is 10.2. The third-order valence-electron chi connectivity index (χ3n) is 3.39. The van der Waals surface area contributed by atoms with Gasteiger partial charge >= 0.3 is 25.4 Å². The zero-order valence-corrected chi connectivity index (χ0v) is 20.3. The third-order valence-corrected chi connectivity index (χ3v) is 12.1. The number of carboxylic acid groups (broad SMARTS) is 1. The van der Waals surface area contributed by atoms with Crippen LogP contribution in [-0.2, 0) is 32.0 Å². The molecule has 0 aromatic carbocycles. The first-order valence-corrected chi connectivity index (χ1v) is 14.0. The summed E-state index contributed by atoms with van der Waals surface area (Å²) < 4.78 is 47.3. The smallest absolute Gasteiger partial charge is 0.370 e. The largest absolute Gasteiger partial charge is 0.479 e. The van der Waals surface area contributed by atoms with Gasteiger partial charge < -0.3 is 23.2 Å². The fraction of sp³-hybridized carbons (Fsp3) is 0.941. The van der Waals surface area contributed by atoms with Crippen molar-refractivity contribution in [3.63, 3.8) is 0 Å². The lowest BCUT2D eigenvalue weighted by atomic mass is 10.5. The highest BCUT2D eigenvalue weighted by Crippen LogP contribution is 2.82. The summed E-state index contributed by atoms with van der Waals surface area (Å²) >= 11 is 0.767. The molecule has 0 rings (SSSR count). The summed E-state index contributed by atoms with van der Waals surface area (Å²) in [6, 6.07) is 0. The van der Waals surface area contributed by atoms with Crippen molar-refractivity contribution in [2.45, 2.75) is 71.0 Å². The molecule has 0 radical (unpaired) electrons. The first-order valence-electron chi connectivity index (χ1n) is 9.90. The molecule has 1 N–H and O–H groups in total. The Bertz CT molecular complexity index is 485. The van der Waals surface area contributed by atoms with E-state index in [9.17, 15) is 19.0 Å². The van der Waals surface area contributed by atoms with Crippen molar-refractivity contribution >= 4 is 32.9 Å². The summed E-state index contributed by atoms with van der Waals surface area (Å²) in [7, 11) is -8.86. The van der Waals surface area contributed by atoms with Gasteiger partial charge in [-0.2, -0.15) is 0 Å². The fourth-order valence-electron chi connectivity index (χ4n) is 2.12. The average molecular weight is 462 g/mol. The van der Waals surface area contributed by atoms with E-state index in [0.29, 0.717) is 32.1 Å². The molecule has 0 bridgehead atoms. The molecular formula is C17H36O8P2S. The highest BCUT2D eigenvalue weighted by atomic mass is 32.2. The van der Waals surface area contributed by atoms with Crippen molar-refractivity contribution in [3.05, 3.63) is 0 Å². The van der Waals surface area contributed by atoms with Crippen LogP contribution >= 0.6 is 27.0 Å². The topological polar surface area (TPSA) is 108 Å². The van der Waals surface area contributed by atoms with Crippen molar-refractivity contribution in [1.82, 2.24) is 0 Å². The van der Waals surface area contributed by atoms with Crippen molar-refractivity contribution < 1.29 is 37.1 Å². The predicted molar refractivity (Wildman–Crippen MR) is 113 cm³/mol. The van der Waals surface area contributed by atoms with Crippen LogP contribution in [0.2, 0.25) is 0 Å². The normalized spacial score (nSPS) is 13.0. The molecule has 0 atom stereocenters. The van der Waals surface area contributed by atoms with Crippen molar-refractivity contribution in [1.29, 1.82) is 0 Å². The number of hydrogen-bond acceptors (Lipinski definition) is 8. The summed E-state index contributed by atoms with van der Waals surface area (Å²) in [5.41, 5.74) is 0. The second kappa shape index (κ2) is 14.2. The van der Waals surface area contributed by atoms with Crippen LogP contribution in [0.3, 0.4) is 0 Å². The summed E-state index contributed by atoms with van der Waals surface area (Å²) in [5.74, 6) is -1.30. The molecule has 8 nitrogen and oxygen atoms in total. The number of carbonyl (C=O) groups is 1. The zero-order valence-electron chi connectivity index (χ0n) is 17.7. The van der Waals surface area contributed by atoms with Crippen LogP contribution in [0.5, 0.6) is 0 Å². The van der Waals surface area contributed by atoms with Gasteiger partial charge in [0.2, 0.25) is 0 Å². The molecule has 0 heterocycles. The molecule has 0 saturated carbocycles. The molecule has 168 valence electrons. The van der Waals surface area contributed by atoms with Crippen LogP contribution in [0, 0.1) is 0 Å². The van der Waals surface area contributed by atoms with E-state index in [1.807, 2.05) is 6.92 Å². The number of rotatable bonds is 18. The Morgan fingerprint density at radius 1 is 0.750 bits per heavy atom. The average Bonchev–Trinajstić information content (AvgIpc) is 2.68. The van der Waals surface area contributed by atoms with Crippen molar-refractivity contribution in [3.8, 4) is 0 Å². The van der Waals surface area contributed by atoms with Gasteiger partial charge in [-0.1, -0.05) is 34.6 Å². The van der Waals surface area contributed by atoms with E-state index in [-0.39, 0.29) is 32.2 Å². The molecule has 0 amide bonds. The monoisotopic (exact) mass is 462 g/mol. The maximum atomic E-state index is 13.9. The fourth-order valence-corrected chi connectivity index (χ4v) is 10.1. The SMILES string of the molecule is CCCOP(=O)(OCCC)C(SCCC)(C(=O)O)P(=O)(OCCC)OCCC. The van der Waals surface area contributed by atoms with Gasteiger partial charge in [-0.15, -0.1) is 11.8 Å². The molecular weight excluding hydrogens is 426 g/mol. The summed E-state index contributed by atoms with van der Waals surface area (Å²) in [4.78, 5) is 12.6. The van der Waals surface area contributed by atoms with E-state index in [2.05, 4.69) is 0 Å². The van der Waals surface area contributed by atoms with Gasteiger partial charge in [0.15, 0.2) is 0 Å². The van der Waals surface area contributed by atoms with Gasteiger partial charge in [0.25, 0.3) is 0 Å². The molecule has 0 unspecified atom stereocenters. The lowest BCUT2D eigenvalue weighted by molar-refractivity contribution is -0.136. The Balaban J connectivity index is 6.62. The Labute approximate surface area is 173 Å². The first-order chi connectivity index (χ1) is 13.2. The first kappa shape index (κ1) is 28.1. The van der Waals surface area contributed by atoms with Gasteiger partial charge in [-0.05, 0) is 37.9 Å². The van der Waals surface area contributed by atoms with Crippen molar-refractivity contribution in [2.75, 3.05) is 32.2 Å². The zero-order chi connectivity index (χ0) is 21.7. The number of thioether (sulfide) groups is 1. The van der Waals surface area contributed by atoms with Crippen molar-refractivity contribution in [2.24, 2.45) is 0 Å². The minimum Gasteiger partial charge on any atom is -0.479 e. The van der Waals surface area contributed by atoms with E-state index >= 15 is 0 Å². The predicted octanol–water partition coefficient (Wildman–Crippen LogP) is 5.96. The lowest BCUT2D eigenvalue weighted by Crippen LogP contribution is -2.39. The third kappa shape index (κ3) is 6.83. The minimum atomic E-state index is -4.43. The summed E-state index contributed by atoms with van der Waals surface area (Å²) in [6.45, 7) is 9.05. The molecule has 0 aliphatic carbocycles. The summed E-state index contributed by atoms with van der Waals surface area (Å²) in [6.07, 6.45) is 2.53. The number of carboxylic acids is 1. The Kier molecular flexibility index (Phi) is 14.2. The van der Waals surface area contributed by atoms with E-state index in [1.165, 1.54) is 0 Å². The van der Waals surface area contributed by atoms with E-state index < -0.39 is 25.4 Å². The highest BCUT2D eigenvalue weighted by Gasteiger charge is 2.72. The highest BCUT2D eigenvalue weighted by molar-refractivity contribution is 8.15. The standard InChI is InChI=1S/C17H36O8P2S/c1-6-11-22-26(20,23-12-7-2)17(16(18)19,28-15-10-5)27(21,24-13-8-3)25-14-9-4/h6-15H2,1-5H3,(H,18,19). The quantitative estimate of drug-likeness (QED) is 0.247. The number of hydrogen-bond donors (Lipinski definition) is 1. The molecule has 0 aliphatic heterocycles. The minimum absolute atomic E-state index is 0.00423. The Hall–Kier alpha value is 0.120. The second-order valence-corrected chi connectivity index (χ2v) is 12.7. The number of aliphatic carboxylic acids is 1. The van der Waals surface area contributed by atoms with Gasteiger partial charge in [-0.25, -0.2) is 4.79 Å². The maximum Gasteiger partial charge on any atom is 0.370 e. The molecule has 0 saturated heterocycles. The van der Waals surface area contributed by atoms with Crippen LogP contribution < -0.4 is 0 Å². The van der Waals surface area contributed by atoms with Gasteiger partial charge in [0.1, 0.15) is 0 Å². The van der Waals surface area contributed by atoms with Gasteiger partial charge in [0.05, 0.1) is 26.4 Å². The van der Waals surface area contributed by atoms with E-state index in [1.54, 1.807) is 27.7 Å². The van der Waals surface area contributed by atoms with E-state index in [4.69, 9.17) is 18.1 Å². The lowest BCUT2D eigenvalue weighted by Gasteiger charge is -2.38. The molecule has 0 spiro atoms. The molecule has 0 aliphatic rings. The van der Waals surface area contributed by atoms with Crippen LogP contribution in [0.15, 0.2) is 0 Å². The molecule has 11 heteroatoms. The molecule has 0 aromatic rings. The maximum absolute atomic E-state index is 13.9.